The Labute approximate surface area is 89.1 Å². The molecule has 11 heavy (non-hydrogen) atoms. The maximum Gasteiger partial charge on any atom is 0.148 e. The first-order valence-electron chi connectivity index (χ1n) is 2.56. The Bertz CT molecular complexity index is 275. The van der Waals surface area contributed by atoms with Gasteiger partial charge in [0, 0.05) is 6.07 Å². The molecule has 0 saturated carbocycles. The van der Waals surface area contributed by atoms with Crippen LogP contribution < -0.4 is 0 Å². The Morgan fingerprint density at radius 2 is 1.45 bits per heavy atom. The summed E-state index contributed by atoms with van der Waals surface area (Å²) in [6.07, 6.45) is 0. The zero-order valence-electron chi connectivity index (χ0n) is 5.04. The zero-order chi connectivity index (χ0) is 8.59. The van der Waals surface area contributed by atoms with Crippen molar-refractivity contribution in [2.24, 2.45) is 0 Å². The van der Waals surface area contributed by atoms with E-state index in [0.717, 1.165) is 6.07 Å². The summed E-state index contributed by atoms with van der Waals surface area (Å²) >= 11 is 3.23. The molecule has 0 amide bonds. The normalized spacial score (nSPS) is 10.2. The summed E-state index contributed by atoms with van der Waals surface area (Å²) in [5.74, 6) is -1.80. The van der Waals surface area contributed by atoms with E-state index in [2.05, 4.69) is 0 Å². The van der Waals surface area contributed by atoms with Crippen LogP contribution in [0.5, 0.6) is 5.75 Å². The average molecular weight is 382 g/mol. The van der Waals surface area contributed by atoms with Crippen molar-refractivity contribution in [1.82, 2.24) is 0 Å². The third kappa shape index (κ3) is 1.74. The minimum absolute atomic E-state index is 0.0494. The number of aromatic hydroxyl groups is 1. The van der Waals surface area contributed by atoms with E-state index in [-0.39, 0.29) is 12.9 Å². The van der Waals surface area contributed by atoms with Gasteiger partial charge in [-0.25, -0.2) is 8.78 Å². The number of hydrogen-bond donors (Lipinski definition) is 1. The van der Waals surface area contributed by atoms with Crippen LogP contribution in [0.15, 0.2) is 6.07 Å². The first kappa shape index (κ1) is 9.43. The van der Waals surface area contributed by atoms with E-state index < -0.39 is 11.6 Å². The van der Waals surface area contributed by atoms with Gasteiger partial charge in [0.15, 0.2) is 0 Å². The Kier molecular flexibility index (Phi) is 2.90. The summed E-state index contributed by atoms with van der Waals surface area (Å²) in [6, 6.07) is 0.753. The lowest BCUT2D eigenvalue weighted by Crippen LogP contribution is -1.90. The van der Waals surface area contributed by atoms with Gasteiger partial charge in [-0.1, -0.05) is 0 Å². The fraction of sp³-hybridized carbons (Fsp3) is 0. The first-order valence-corrected chi connectivity index (χ1v) is 4.71. The standard InChI is InChI=1S/C6H2F2I2O/c7-2-1-3(8)5(10)6(11)4(2)9/h1,11H. The van der Waals surface area contributed by atoms with Gasteiger partial charge in [-0.3, -0.25) is 0 Å². The molecule has 1 aromatic carbocycles. The molecule has 0 aromatic heterocycles. The summed E-state index contributed by atoms with van der Waals surface area (Å²) in [6.45, 7) is 0. The maximum absolute atomic E-state index is 12.6. The van der Waals surface area contributed by atoms with E-state index in [1.165, 1.54) is 0 Å². The Morgan fingerprint density at radius 1 is 1.09 bits per heavy atom. The summed E-state index contributed by atoms with van der Waals surface area (Å²) in [4.78, 5) is 0. The third-order valence-electron chi connectivity index (χ3n) is 1.09. The smallest absolute Gasteiger partial charge is 0.148 e. The lowest BCUT2D eigenvalue weighted by Gasteiger charge is -2.01. The van der Waals surface area contributed by atoms with Gasteiger partial charge < -0.3 is 5.11 Å². The second kappa shape index (κ2) is 3.38. The SMILES string of the molecule is Oc1c(I)c(F)cc(F)c1I. The molecule has 0 aliphatic carbocycles. The summed E-state index contributed by atoms with van der Waals surface area (Å²) in [5.41, 5.74) is 0. The summed E-state index contributed by atoms with van der Waals surface area (Å²) in [5, 5.41) is 9.07. The third-order valence-corrected chi connectivity index (χ3v) is 3.14. The van der Waals surface area contributed by atoms with Crippen molar-refractivity contribution >= 4 is 45.2 Å². The Balaban J connectivity index is 3.46. The van der Waals surface area contributed by atoms with Gasteiger partial charge in [0.05, 0.1) is 7.14 Å². The lowest BCUT2D eigenvalue weighted by molar-refractivity contribution is 0.449. The number of rotatable bonds is 0. The number of halogens is 4. The van der Waals surface area contributed by atoms with Crippen LogP contribution in [0.3, 0.4) is 0 Å². The molecule has 1 aromatic rings. The predicted octanol–water partition coefficient (Wildman–Crippen LogP) is 2.88. The Morgan fingerprint density at radius 3 is 1.82 bits per heavy atom. The molecule has 0 bridgehead atoms. The topological polar surface area (TPSA) is 20.2 Å². The highest BCUT2D eigenvalue weighted by Gasteiger charge is 2.13. The number of phenols is 1. The lowest BCUT2D eigenvalue weighted by atomic mass is 10.3. The molecule has 1 N–H and O–H groups in total. The molecular formula is C6H2F2I2O. The average Bonchev–Trinajstić information content (AvgIpc) is 1.97. The van der Waals surface area contributed by atoms with Crippen molar-refractivity contribution in [3.63, 3.8) is 0 Å². The van der Waals surface area contributed by atoms with Crippen LogP contribution in [0.1, 0.15) is 0 Å². The molecule has 0 unspecified atom stereocenters. The zero-order valence-corrected chi connectivity index (χ0v) is 9.35. The van der Waals surface area contributed by atoms with Crippen molar-refractivity contribution in [2.75, 3.05) is 0 Å². The van der Waals surface area contributed by atoms with Crippen LogP contribution in [0.4, 0.5) is 8.78 Å². The highest BCUT2D eigenvalue weighted by atomic mass is 127. The number of hydrogen-bond acceptors (Lipinski definition) is 1. The van der Waals surface area contributed by atoms with Gasteiger partial charge in [0.2, 0.25) is 0 Å². The fourth-order valence-electron chi connectivity index (χ4n) is 0.561. The predicted molar refractivity (Wildman–Crippen MR) is 53.5 cm³/mol. The Hall–Kier alpha value is 0.340. The van der Waals surface area contributed by atoms with Crippen molar-refractivity contribution in [2.45, 2.75) is 0 Å². The molecule has 0 aliphatic rings. The molecule has 0 saturated heterocycles. The van der Waals surface area contributed by atoms with E-state index in [1.54, 1.807) is 45.2 Å². The highest BCUT2D eigenvalue weighted by molar-refractivity contribution is 14.1. The van der Waals surface area contributed by atoms with Gasteiger partial charge in [-0.2, -0.15) is 0 Å². The molecular weight excluding hydrogens is 380 g/mol. The van der Waals surface area contributed by atoms with E-state index in [1.807, 2.05) is 0 Å². The summed E-state index contributed by atoms with van der Waals surface area (Å²) in [7, 11) is 0. The van der Waals surface area contributed by atoms with Crippen molar-refractivity contribution in [3.05, 3.63) is 24.8 Å². The monoisotopic (exact) mass is 382 g/mol. The largest absolute Gasteiger partial charge is 0.506 e. The van der Waals surface area contributed by atoms with Crippen LogP contribution in [-0.2, 0) is 0 Å². The highest BCUT2D eigenvalue weighted by Crippen LogP contribution is 2.29. The molecule has 0 spiro atoms. The van der Waals surface area contributed by atoms with Crippen LogP contribution in [0, 0.1) is 18.8 Å². The van der Waals surface area contributed by atoms with Gasteiger partial charge in [-0.15, -0.1) is 0 Å². The molecule has 1 rings (SSSR count). The van der Waals surface area contributed by atoms with Crippen molar-refractivity contribution in [1.29, 1.82) is 0 Å². The van der Waals surface area contributed by atoms with Gasteiger partial charge >= 0.3 is 0 Å². The quantitative estimate of drug-likeness (QED) is 0.541. The van der Waals surface area contributed by atoms with E-state index in [9.17, 15) is 8.78 Å². The molecule has 0 atom stereocenters. The van der Waals surface area contributed by atoms with Crippen LogP contribution in [-0.4, -0.2) is 5.11 Å². The van der Waals surface area contributed by atoms with Crippen molar-refractivity contribution < 1.29 is 13.9 Å². The molecule has 60 valence electrons. The number of benzene rings is 1. The second-order valence-electron chi connectivity index (χ2n) is 1.82. The van der Waals surface area contributed by atoms with E-state index in [0.29, 0.717) is 0 Å². The molecule has 0 radical (unpaired) electrons. The van der Waals surface area contributed by atoms with Crippen LogP contribution in [0.2, 0.25) is 0 Å². The molecule has 5 heteroatoms. The molecule has 0 aliphatic heterocycles. The fourth-order valence-corrected chi connectivity index (χ4v) is 1.93. The molecule has 1 nitrogen and oxygen atoms in total. The summed E-state index contributed by atoms with van der Waals surface area (Å²) < 4.78 is 25.3. The van der Waals surface area contributed by atoms with Gasteiger partial charge in [0.25, 0.3) is 0 Å². The minimum Gasteiger partial charge on any atom is -0.506 e. The maximum atomic E-state index is 12.6. The number of phenolic OH excluding ortho intramolecular Hbond substituents is 1. The van der Waals surface area contributed by atoms with Gasteiger partial charge in [-0.05, 0) is 45.2 Å². The van der Waals surface area contributed by atoms with E-state index in [4.69, 9.17) is 5.11 Å². The van der Waals surface area contributed by atoms with Crippen molar-refractivity contribution in [3.8, 4) is 5.75 Å². The van der Waals surface area contributed by atoms with Crippen LogP contribution >= 0.6 is 45.2 Å². The first-order chi connectivity index (χ1) is 5.04. The van der Waals surface area contributed by atoms with Crippen LogP contribution in [0.25, 0.3) is 0 Å². The van der Waals surface area contributed by atoms with E-state index >= 15 is 0 Å². The molecule has 0 heterocycles. The van der Waals surface area contributed by atoms with Gasteiger partial charge in [0.1, 0.15) is 17.4 Å². The minimum atomic E-state index is -0.735. The molecule has 0 fully saturated rings. The second-order valence-corrected chi connectivity index (χ2v) is 3.97.